The molecule has 1 heterocycles. The fourth-order valence-corrected chi connectivity index (χ4v) is 0.580. The van der Waals surface area contributed by atoms with Gasteiger partial charge >= 0.3 is 11.4 Å². The largest absolute Gasteiger partial charge is 0.347 e. The lowest BCUT2D eigenvalue weighted by atomic mass is 10.7. The first-order valence-corrected chi connectivity index (χ1v) is 2.33. The zero-order chi connectivity index (χ0) is 4.41. The van der Waals surface area contributed by atoms with Gasteiger partial charge in [0.1, 0.15) is 0 Å². The van der Waals surface area contributed by atoms with Gasteiger partial charge in [0, 0.05) is 11.3 Å². The summed E-state index contributed by atoms with van der Waals surface area (Å²) in [5.74, 6) is 0.806. The van der Waals surface area contributed by atoms with E-state index in [0.29, 0.717) is 0 Å². The second-order valence-corrected chi connectivity index (χ2v) is 1.48. The van der Waals surface area contributed by atoms with Gasteiger partial charge in [-0.1, -0.05) is 0 Å². The molecule has 0 atom stereocenters. The van der Waals surface area contributed by atoms with Crippen LogP contribution in [0.3, 0.4) is 0 Å². The van der Waals surface area contributed by atoms with Crippen molar-refractivity contribution < 1.29 is 0 Å². The van der Waals surface area contributed by atoms with Crippen molar-refractivity contribution in [3.05, 3.63) is 0 Å². The smallest absolute Gasteiger partial charge is 0.0247 e. The normalized spacial score (nSPS) is 18.5. The van der Waals surface area contributed by atoms with Crippen LogP contribution in [-0.4, -0.2) is 11.4 Å². The summed E-state index contributed by atoms with van der Waals surface area (Å²) in [5, 5.41) is 0. The molecule has 0 aliphatic carbocycles. The highest BCUT2D eigenvalue weighted by atomic mass is 32.2. The van der Waals surface area contributed by atoms with Gasteiger partial charge in [-0.3, -0.25) is 0 Å². The van der Waals surface area contributed by atoms with Gasteiger partial charge in [0.05, 0.1) is 0 Å². The van der Waals surface area contributed by atoms with Gasteiger partial charge in [0.15, 0.2) is 0 Å². The van der Waals surface area contributed by atoms with E-state index in [9.17, 15) is 0 Å². The molecule has 0 aromatic heterocycles. The Morgan fingerprint density at radius 1 is 2.00 bits per heavy atom. The van der Waals surface area contributed by atoms with Gasteiger partial charge in [-0.25, -0.2) is 0 Å². The van der Waals surface area contributed by atoms with E-state index in [1.54, 1.807) is 0 Å². The first-order valence-electron chi connectivity index (χ1n) is 1.56. The quantitative estimate of drug-likeness (QED) is 0.401. The minimum Gasteiger partial charge on any atom is -0.0247 e. The molecule has 0 unspecified atom stereocenters. The molecule has 1 aliphatic rings. The number of nitrogens with zero attached hydrogens (tertiary/aromatic N) is 2. The molecule has 0 aromatic carbocycles. The van der Waals surface area contributed by atoms with E-state index in [4.69, 9.17) is 0 Å². The molecule has 0 saturated heterocycles. The Morgan fingerprint density at radius 3 is 3.00 bits per heavy atom. The van der Waals surface area contributed by atoms with E-state index in [2.05, 4.69) is 14.9 Å². The van der Waals surface area contributed by atoms with Gasteiger partial charge in [-0.2, -0.15) is 0 Å². The van der Waals surface area contributed by atoms with Crippen molar-refractivity contribution in [3.63, 3.8) is 0 Å². The molecule has 6 heavy (non-hydrogen) atoms. The van der Waals surface area contributed by atoms with Crippen molar-refractivity contribution in [2.24, 2.45) is 4.99 Å². The molecular weight excluding hydrogens is 96.1 g/mol. The number of hydrogen-bond donors (Lipinski definition) is 0. The standard InChI is InChI=1S/C3H3N2S/c1-3-4-2-6-5-3/h1H3/q+1. The second kappa shape index (κ2) is 1.43. The fraction of sp³-hybridized carbons (Fsp3) is 0.333. The van der Waals surface area contributed by atoms with Crippen LogP contribution < -0.4 is 4.40 Å². The molecular formula is C3H3N2S+. The molecule has 2 nitrogen and oxygen atoms in total. The molecule has 2 radical (unpaired) electrons. The van der Waals surface area contributed by atoms with Crippen molar-refractivity contribution >= 4 is 23.3 Å². The minimum absolute atomic E-state index is 0.806. The Hall–Kier alpha value is -0.310. The van der Waals surface area contributed by atoms with Gasteiger partial charge < -0.3 is 0 Å². The Morgan fingerprint density at radius 2 is 2.83 bits per heavy atom. The first kappa shape index (κ1) is 3.87. The van der Waals surface area contributed by atoms with Gasteiger partial charge in [-0.05, 0) is 4.99 Å². The van der Waals surface area contributed by atoms with Gasteiger partial charge in [-0.15, -0.1) is 0 Å². The highest BCUT2D eigenvalue weighted by molar-refractivity contribution is 8.10. The summed E-state index contributed by atoms with van der Waals surface area (Å²) in [6, 6.07) is 0. The third kappa shape index (κ3) is 0.597. The van der Waals surface area contributed by atoms with Crippen molar-refractivity contribution in [2.45, 2.75) is 6.92 Å². The third-order valence-corrected chi connectivity index (χ3v) is 0.954. The maximum atomic E-state index is 3.79. The fourth-order valence-electron chi connectivity index (χ4n) is 0.193. The molecule has 0 N–H and O–H groups in total. The monoisotopic (exact) mass is 99.0 g/mol. The summed E-state index contributed by atoms with van der Waals surface area (Å²) < 4.78 is 3.79. The number of rotatable bonds is 0. The molecule has 1 aliphatic heterocycles. The molecule has 30 valence electrons. The van der Waals surface area contributed by atoms with Crippen LogP contribution in [0.4, 0.5) is 0 Å². The summed E-state index contributed by atoms with van der Waals surface area (Å²) >= 11 is 1.25. The van der Waals surface area contributed by atoms with Crippen LogP contribution in [0.5, 0.6) is 0 Å². The van der Waals surface area contributed by atoms with Crippen molar-refractivity contribution in [3.8, 4) is 0 Å². The lowest BCUT2D eigenvalue weighted by molar-refractivity contribution is 1.55. The zero-order valence-electron chi connectivity index (χ0n) is 3.30. The summed E-state index contributed by atoms with van der Waals surface area (Å²) in [7, 11) is 0. The lowest BCUT2D eigenvalue weighted by Gasteiger charge is -1.51. The lowest BCUT2D eigenvalue weighted by Crippen LogP contribution is -1.82. The van der Waals surface area contributed by atoms with Gasteiger partial charge in [0.2, 0.25) is 11.9 Å². The minimum atomic E-state index is 0.806. The molecule has 0 fully saturated rings. The first-order chi connectivity index (χ1) is 2.89. The highest BCUT2D eigenvalue weighted by Crippen LogP contribution is 1.92. The average Bonchev–Trinajstić information content (AvgIpc) is 1.86. The SMILES string of the molecule is CC1=[N+]S[C]=N1. The maximum Gasteiger partial charge on any atom is 0.347 e. The molecule has 0 amide bonds. The Balaban J connectivity index is 2.68. The van der Waals surface area contributed by atoms with E-state index in [1.165, 1.54) is 11.9 Å². The van der Waals surface area contributed by atoms with E-state index in [1.807, 2.05) is 6.92 Å². The molecule has 3 heteroatoms. The van der Waals surface area contributed by atoms with Crippen LogP contribution in [0.15, 0.2) is 4.99 Å². The highest BCUT2D eigenvalue weighted by Gasteiger charge is 2.07. The summed E-state index contributed by atoms with van der Waals surface area (Å²) in [6.45, 7) is 1.84. The predicted octanol–water partition coefficient (Wildman–Crippen LogP) is 0.308. The Bertz CT molecular complexity index is 103. The topological polar surface area (TPSA) is 26.5 Å². The third-order valence-electron chi connectivity index (χ3n) is 0.426. The van der Waals surface area contributed by atoms with Crippen LogP contribution >= 0.6 is 11.9 Å². The van der Waals surface area contributed by atoms with Crippen molar-refractivity contribution in [2.75, 3.05) is 0 Å². The number of hydrogen-bond acceptors (Lipinski definition) is 3. The van der Waals surface area contributed by atoms with E-state index in [-0.39, 0.29) is 0 Å². The van der Waals surface area contributed by atoms with Gasteiger partial charge in [0.25, 0.3) is 0 Å². The summed E-state index contributed by atoms with van der Waals surface area (Å²) in [5.41, 5.74) is 2.61. The molecule has 1 rings (SSSR count). The zero-order valence-corrected chi connectivity index (χ0v) is 4.12. The summed E-state index contributed by atoms with van der Waals surface area (Å²) in [6.07, 6.45) is 0. The van der Waals surface area contributed by atoms with Crippen LogP contribution in [0.25, 0.3) is 0 Å². The van der Waals surface area contributed by atoms with E-state index >= 15 is 0 Å². The molecule has 0 bridgehead atoms. The van der Waals surface area contributed by atoms with E-state index in [0.717, 1.165) is 5.84 Å². The number of aliphatic imine (C=N–C) groups is 1. The summed E-state index contributed by atoms with van der Waals surface area (Å²) in [4.78, 5) is 3.70. The predicted molar refractivity (Wildman–Crippen MR) is 27.8 cm³/mol. The average molecular weight is 99.1 g/mol. The molecule has 0 saturated carbocycles. The van der Waals surface area contributed by atoms with Crippen LogP contribution in [0.2, 0.25) is 0 Å². The number of amidine groups is 1. The van der Waals surface area contributed by atoms with Crippen LogP contribution in [0, 0.1) is 0 Å². The van der Waals surface area contributed by atoms with Crippen LogP contribution in [0.1, 0.15) is 6.92 Å². The van der Waals surface area contributed by atoms with Crippen LogP contribution in [-0.2, 0) is 0 Å². The molecule has 0 aromatic rings. The Kier molecular flexibility index (Phi) is 0.919. The maximum absolute atomic E-state index is 3.79. The van der Waals surface area contributed by atoms with E-state index < -0.39 is 0 Å². The van der Waals surface area contributed by atoms with Crippen molar-refractivity contribution in [1.82, 2.24) is 4.40 Å². The Labute approximate surface area is 40.5 Å². The molecule has 0 spiro atoms. The van der Waals surface area contributed by atoms with Crippen molar-refractivity contribution in [1.29, 1.82) is 0 Å². The second-order valence-electron chi connectivity index (χ2n) is 0.933.